The van der Waals surface area contributed by atoms with Crippen LogP contribution < -0.4 is 5.32 Å². The average molecular weight is 280 g/mol. The molecule has 2 saturated heterocycles. The molecule has 0 aromatic heterocycles. The molecule has 0 aromatic carbocycles. The van der Waals surface area contributed by atoms with E-state index in [0.717, 1.165) is 32.5 Å². The van der Waals surface area contributed by atoms with Crippen LogP contribution in [0.5, 0.6) is 0 Å². The third-order valence-electron chi connectivity index (χ3n) is 4.85. The van der Waals surface area contributed by atoms with Crippen LogP contribution in [0.25, 0.3) is 0 Å². The summed E-state index contributed by atoms with van der Waals surface area (Å²) in [6.45, 7) is 2.40. The van der Waals surface area contributed by atoms with Gasteiger partial charge in [0.1, 0.15) is 6.04 Å². The molecule has 3 fully saturated rings. The van der Waals surface area contributed by atoms with Crippen molar-refractivity contribution in [2.75, 3.05) is 26.3 Å². The minimum absolute atomic E-state index is 0.000844. The summed E-state index contributed by atoms with van der Waals surface area (Å²) < 4.78 is 5.37. The summed E-state index contributed by atoms with van der Waals surface area (Å²) >= 11 is 0. The highest BCUT2D eigenvalue weighted by atomic mass is 16.5. The number of rotatable bonds is 3. The molecular formula is C15H24N2O3. The number of carbonyl (C=O) groups excluding carboxylic acids is 2. The number of hydrogen-bond donors (Lipinski definition) is 1. The van der Waals surface area contributed by atoms with Gasteiger partial charge in [-0.1, -0.05) is 19.3 Å². The van der Waals surface area contributed by atoms with E-state index in [2.05, 4.69) is 5.32 Å². The standard InChI is InChI=1S/C15H24N2O3/c18-13-9-17(8-11-6-7-20-10-11)15(19)14(16-13)12-4-2-1-3-5-12/h11-12,14H,1-10H2,(H,16,18). The Kier molecular flexibility index (Phi) is 4.24. The van der Waals surface area contributed by atoms with Crippen LogP contribution in [0.2, 0.25) is 0 Å². The average Bonchev–Trinajstić information content (AvgIpc) is 2.96. The van der Waals surface area contributed by atoms with Crippen LogP contribution in [-0.2, 0) is 14.3 Å². The second-order valence-electron chi connectivity index (χ2n) is 6.39. The van der Waals surface area contributed by atoms with Crippen molar-refractivity contribution in [3.63, 3.8) is 0 Å². The van der Waals surface area contributed by atoms with Crippen LogP contribution >= 0.6 is 0 Å². The van der Waals surface area contributed by atoms with Gasteiger partial charge in [-0.2, -0.15) is 0 Å². The Labute approximate surface area is 120 Å². The van der Waals surface area contributed by atoms with Gasteiger partial charge in [0.25, 0.3) is 0 Å². The molecule has 2 heterocycles. The van der Waals surface area contributed by atoms with Crippen LogP contribution in [-0.4, -0.2) is 49.1 Å². The molecule has 2 atom stereocenters. The third-order valence-corrected chi connectivity index (χ3v) is 4.85. The maximum absolute atomic E-state index is 12.6. The molecule has 0 bridgehead atoms. The van der Waals surface area contributed by atoms with E-state index >= 15 is 0 Å². The number of nitrogens with one attached hydrogen (secondary N) is 1. The first-order chi connectivity index (χ1) is 9.74. The Morgan fingerprint density at radius 1 is 1.15 bits per heavy atom. The number of piperazine rings is 1. The Bertz CT molecular complexity index is 373. The lowest BCUT2D eigenvalue weighted by molar-refractivity contribution is -0.146. The molecule has 3 aliphatic rings. The number of amides is 2. The minimum Gasteiger partial charge on any atom is -0.381 e. The van der Waals surface area contributed by atoms with Crippen molar-refractivity contribution in [2.24, 2.45) is 11.8 Å². The molecule has 1 N–H and O–H groups in total. The van der Waals surface area contributed by atoms with Crippen molar-refractivity contribution >= 4 is 11.8 Å². The van der Waals surface area contributed by atoms with Gasteiger partial charge in [-0.3, -0.25) is 9.59 Å². The largest absolute Gasteiger partial charge is 0.381 e. The van der Waals surface area contributed by atoms with Crippen LogP contribution in [0.15, 0.2) is 0 Å². The topological polar surface area (TPSA) is 58.6 Å². The Morgan fingerprint density at radius 2 is 1.95 bits per heavy atom. The van der Waals surface area contributed by atoms with Gasteiger partial charge in [0, 0.05) is 19.1 Å². The number of ether oxygens (including phenoxy) is 1. The fourth-order valence-electron chi connectivity index (χ4n) is 3.71. The fourth-order valence-corrected chi connectivity index (χ4v) is 3.71. The molecule has 0 aromatic rings. The van der Waals surface area contributed by atoms with E-state index < -0.39 is 0 Å². The summed E-state index contributed by atoms with van der Waals surface area (Å²) in [5, 5.41) is 2.93. The van der Waals surface area contributed by atoms with E-state index in [0.29, 0.717) is 18.4 Å². The summed E-state index contributed by atoms with van der Waals surface area (Å²) in [5.74, 6) is 0.863. The molecule has 5 nitrogen and oxygen atoms in total. The van der Waals surface area contributed by atoms with Gasteiger partial charge in [0.2, 0.25) is 11.8 Å². The van der Waals surface area contributed by atoms with Gasteiger partial charge in [0.15, 0.2) is 0 Å². The summed E-state index contributed by atoms with van der Waals surface area (Å²) in [5.41, 5.74) is 0. The highest BCUT2D eigenvalue weighted by Crippen LogP contribution is 2.28. The van der Waals surface area contributed by atoms with Crippen LogP contribution in [0.4, 0.5) is 0 Å². The smallest absolute Gasteiger partial charge is 0.245 e. The first kappa shape index (κ1) is 13.9. The van der Waals surface area contributed by atoms with Crippen molar-refractivity contribution in [2.45, 2.75) is 44.6 Å². The molecule has 5 heteroatoms. The summed E-state index contributed by atoms with van der Waals surface area (Å²) in [6.07, 6.45) is 6.75. The van der Waals surface area contributed by atoms with E-state index in [4.69, 9.17) is 4.74 Å². The zero-order chi connectivity index (χ0) is 13.9. The van der Waals surface area contributed by atoms with Crippen molar-refractivity contribution in [3.8, 4) is 0 Å². The van der Waals surface area contributed by atoms with Gasteiger partial charge in [-0.25, -0.2) is 0 Å². The molecule has 1 aliphatic carbocycles. The van der Waals surface area contributed by atoms with Crippen molar-refractivity contribution in [1.29, 1.82) is 0 Å². The number of nitrogens with zero attached hydrogens (tertiary/aromatic N) is 1. The first-order valence-corrected chi connectivity index (χ1v) is 7.90. The zero-order valence-corrected chi connectivity index (χ0v) is 12.0. The Hall–Kier alpha value is -1.10. The fraction of sp³-hybridized carbons (Fsp3) is 0.867. The highest BCUT2D eigenvalue weighted by Gasteiger charge is 2.38. The predicted octanol–water partition coefficient (Wildman–Crippen LogP) is 0.930. The van der Waals surface area contributed by atoms with Crippen LogP contribution in [0.3, 0.4) is 0 Å². The molecule has 20 heavy (non-hydrogen) atoms. The number of hydrogen-bond acceptors (Lipinski definition) is 3. The van der Waals surface area contributed by atoms with E-state index in [-0.39, 0.29) is 24.4 Å². The Balaban J connectivity index is 1.64. The van der Waals surface area contributed by atoms with Crippen molar-refractivity contribution in [1.82, 2.24) is 10.2 Å². The molecule has 0 radical (unpaired) electrons. The summed E-state index contributed by atoms with van der Waals surface area (Å²) in [6, 6.07) is -0.279. The maximum atomic E-state index is 12.6. The monoisotopic (exact) mass is 280 g/mol. The molecule has 2 unspecified atom stereocenters. The molecule has 2 aliphatic heterocycles. The van der Waals surface area contributed by atoms with Crippen LogP contribution in [0, 0.1) is 11.8 Å². The molecule has 0 spiro atoms. The molecule has 1 saturated carbocycles. The Morgan fingerprint density at radius 3 is 2.65 bits per heavy atom. The second-order valence-corrected chi connectivity index (χ2v) is 6.39. The van der Waals surface area contributed by atoms with Gasteiger partial charge in [-0.05, 0) is 25.2 Å². The number of carbonyl (C=O) groups is 2. The van der Waals surface area contributed by atoms with E-state index in [1.54, 1.807) is 4.90 Å². The molecule has 3 rings (SSSR count). The quantitative estimate of drug-likeness (QED) is 0.836. The predicted molar refractivity (Wildman–Crippen MR) is 74.0 cm³/mol. The minimum atomic E-state index is -0.279. The normalized spacial score (nSPS) is 32.5. The second kappa shape index (κ2) is 6.12. The zero-order valence-electron chi connectivity index (χ0n) is 12.0. The van der Waals surface area contributed by atoms with E-state index in [1.807, 2.05) is 0 Å². The third kappa shape index (κ3) is 2.97. The lowest BCUT2D eigenvalue weighted by Crippen LogP contribution is -2.61. The lowest BCUT2D eigenvalue weighted by atomic mass is 9.82. The molecule has 2 amide bonds. The first-order valence-electron chi connectivity index (χ1n) is 7.90. The van der Waals surface area contributed by atoms with Crippen LogP contribution in [0.1, 0.15) is 38.5 Å². The molecular weight excluding hydrogens is 256 g/mol. The van der Waals surface area contributed by atoms with Crippen molar-refractivity contribution in [3.05, 3.63) is 0 Å². The highest BCUT2D eigenvalue weighted by molar-refractivity contribution is 5.95. The van der Waals surface area contributed by atoms with Gasteiger partial charge >= 0.3 is 0 Å². The van der Waals surface area contributed by atoms with E-state index in [9.17, 15) is 9.59 Å². The van der Waals surface area contributed by atoms with Crippen molar-refractivity contribution < 1.29 is 14.3 Å². The lowest BCUT2D eigenvalue weighted by Gasteiger charge is -2.38. The van der Waals surface area contributed by atoms with Gasteiger partial charge in [-0.15, -0.1) is 0 Å². The SMILES string of the molecule is O=C1CN(CC2CCOC2)C(=O)C(C2CCCCC2)N1. The maximum Gasteiger partial charge on any atom is 0.245 e. The van der Waals surface area contributed by atoms with E-state index in [1.165, 1.54) is 19.3 Å². The molecule has 112 valence electrons. The summed E-state index contributed by atoms with van der Waals surface area (Å²) in [4.78, 5) is 26.3. The van der Waals surface area contributed by atoms with Gasteiger partial charge in [0.05, 0.1) is 13.2 Å². The van der Waals surface area contributed by atoms with Gasteiger partial charge < -0.3 is 15.0 Å². The summed E-state index contributed by atoms with van der Waals surface area (Å²) in [7, 11) is 0.